The maximum absolute atomic E-state index is 13.0. The summed E-state index contributed by atoms with van der Waals surface area (Å²) in [5.74, 6) is 1.41. The Balaban J connectivity index is 1.35. The summed E-state index contributed by atoms with van der Waals surface area (Å²) in [6.45, 7) is 3.31. The van der Waals surface area contributed by atoms with E-state index < -0.39 is 0 Å². The molecule has 6 heteroatoms. The normalized spacial score (nSPS) is 19.4. The van der Waals surface area contributed by atoms with Crippen LogP contribution in [0.4, 0.5) is 0 Å². The van der Waals surface area contributed by atoms with E-state index in [1.807, 2.05) is 41.4 Å². The van der Waals surface area contributed by atoms with Crippen molar-refractivity contribution in [3.63, 3.8) is 0 Å². The molecule has 3 aromatic rings. The van der Waals surface area contributed by atoms with E-state index in [4.69, 9.17) is 4.98 Å². The number of hydrogen-bond acceptors (Lipinski definition) is 5. The molecule has 1 N–H and O–H groups in total. The molecular weight excluding hydrogens is 350 g/mol. The molecule has 4 heterocycles. The van der Waals surface area contributed by atoms with Gasteiger partial charge in [-0.1, -0.05) is 6.07 Å². The summed E-state index contributed by atoms with van der Waals surface area (Å²) < 4.78 is 0. The topological polar surface area (TPSA) is 71.0 Å². The van der Waals surface area contributed by atoms with Crippen molar-refractivity contribution in [1.29, 1.82) is 0 Å². The number of hydrogen-bond donors (Lipinski definition) is 1. The van der Waals surface area contributed by atoms with Crippen molar-refractivity contribution < 1.29 is 4.79 Å². The Hall–Kier alpha value is -2.86. The molecule has 0 spiro atoms. The third-order valence-corrected chi connectivity index (χ3v) is 5.75. The van der Waals surface area contributed by atoms with Crippen LogP contribution < -0.4 is 5.32 Å². The van der Waals surface area contributed by atoms with Crippen molar-refractivity contribution in [2.75, 3.05) is 19.6 Å². The number of amides is 1. The lowest BCUT2D eigenvalue weighted by Gasteiger charge is -2.29. The Morgan fingerprint density at radius 3 is 3.07 bits per heavy atom. The van der Waals surface area contributed by atoms with Crippen molar-refractivity contribution in [1.82, 2.24) is 25.2 Å². The molecular formula is C22H23N5O. The van der Waals surface area contributed by atoms with Crippen LogP contribution >= 0.6 is 0 Å². The first-order valence-electron chi connectivity index (χ1n) is 9.97. The smallest absolute Gasteiger partial charge is 0.254 e. The van der Waals surface area contributed by atoms with Crippen molar-refractivity contribution in [3.05, 3.63) is 65.4 Å². The van der Waals surface area contributed by atoms with Crippen molar-refractivity contribution >= 4 is 16.8 Å². The Morgan fingerprint density at radius 2 is 2.18 bits per heavy atom. The van der Waals surface area contributed by atoms with Gasteiger partial charge < -0.3 is 10.2 Å². The minimum atomic E-state index is 0.0527. The minimum Gasteiger partial charge on any atom is -0.334 e. The molecule has 0 saturated carbocycles. The second-order valence-corrected chi connectivity index (χ2v) is 7.63. The van der Waals surface area contributed by atoms with Crippen LogP contribution in [-0.4, -0.2) is 45.4 Å². The Bertz CT molecular complexity index is 1030. The van der Waals surface area contributed by atoms with E-state index >= 15 is 0 Å². The fourth-order valence-electron chi connectivity index (χ4n) is 4.17. The van der Waals surface area contributed by atoms with Gasteiger partial charge >= 0.3 is 0 Å². The highest BCUT2D eigenvalue weighted by Gasteiger charge is 2.25. The van der Waals surface area contributed by atoms with Gasteiger partial charge in [-0.15, -0.1) is 0 Å². The van der Waals surface area contributed by atoms with Crippen LogP contribution in [0.1, 0.15) is 46.2 Å². The molecule has 1 saturated heterocycles. The Morgan fingerprint density at radius 1 is 1.21 bits per heavy atom. The first kappa shape index (κ1) is 17.3. The molecule has 2 aromatic heterocycles. The number of benzene rings is 1. The molecule has 2 aliphatic heterocycles. The third kappa shape index (κ3) is 3.24. The predicted octanol–water partition coefficient (Wildman–Crippen LogP) is 2.69. The molecule has 1 amide bonds. The maximum Gasteiger partial charge on any atom is 0.254 e. The van der Waals surface area contributed by atoms with Crippen LogP contribution in [0.2, 0.25) is 0 Å². The molecule has 5 rings (SSSR count). The number of pyridine rings is 1. The van der Waals surface area contributed by atoms with E-state index in [1.165, 1.54) is 6.42 Å². The fourth-order valence-corrected chi connectivity index (χ4v) is 4.17. The van der Waals surface area contributed by atoms with Crippen LogP contribution in [0, 0.1) is 0 Å². The average Bonchev–Trinajstić information content (AvgIpc) is 2.78. The number of aromatic nitrogens is 3. The zero-order chi connectivity index (χ0) is 18.9. The molecule has 0 bridgehead atoms. The molecule has 142 valence electrons. The third-order valence-electron chi connectivity index (χ3n) is 5.75. The van der Waals surface area contributed by atoms with Gasteiger partial charge in [0.15, 0.2) is 0 Å². The van der Waals surface area contributed by atoms with Crippen molar-refractivity contribution in [2.24, 2.45) is 0 Å². The number of nitrogens with zero attached hydrogens (tertiary/aromatic N) is 4. The van der Waals surface area contributed by atoms with E-state index in [2.05, 4.69) is 15.3 Å². The van der Waals surface area contributed by atoms with E-state index in [1.54, 1.807) is 6.20 Å². The van der Waals surface area contributed by atoms with Crippen LogP contribution in [0.25, 0.3) is 10.9 Å². The zero-order valence-electron chi connectivity index (χ0n) is 15.8. The number of rotatable bonds is 2. The SMILES string of the molecule is O=C(c1ccc2ncccc2c1)N1CCc2nc([C@H]3CCCNC3)ncc2C1. The van der Waals surface area contributed by atoms with Crippen LogP contribution in [0.15, 0.2) is 42.7 Å². The molecule has 2 aliphatic rings. The molecule has 0 radical (unpaired) electrons. The van der Waals surface area contributed by atoms with Gasteiger partial charge in [-0.25, -0.2) is 9.97 Å². The van der Waals surface area contributed by atoms with Crippen LogP contribution in [0.3, 0.4) is 0 Å². The fraction of sp³-hybridized carbons (Fsp3) is 0.364. The highest BCUT2D eigenvalue weighted by atomic mass is 16.2. The van der Waals surface area contributed by atoms with E-state index in [0.717, 1.165) is 53.9 Å². The lowest BCUT2D eigenvalue weighted by Crippen LogP contribution is -2.37. The van der Waals surface area contributed by atoms with Gasteiger partial charge in [0, 0.05) is 60.9 Å². The standard InChI is InChI=1S/C22H23N5O/c28-22(16-5-6-19-15(11-16)3-2-9-24-19)27-10-7-20-18(14-27)13-25-21(26-20)17-4-1-8-23-12-17/h2-3,5-6,9,11,13,17,23H,1,4,7-8,10,12,14H2/t17-/m0/s1. The molecule has 0 aliphatic carbocycles. The number of fused-ring (bicyclic) bond motifs is 2. The van der Waals surface area contributed by atoms with Gasteiger partial charge in [-0.05, 0) is 43.7 Å². The number of carbonyl (C=O) groups excluding carboxylic acids is 1. The lowest BCUT2D eigenvalue weighted by atomic mass is 9.98. The first-order chi connectivity index (χ1) is 13.8. The van der Waals surface area contributed by atoms with Crippen LogP contribution in [0.5, 0.6) is 0 Å². The van der Waals surface area contributed by atoms with Gasteiger partial charge in [-0.3, -0.25) is 9.78 Å². The first-order valence-corrected chi connectivity index (χ1v) is 9.97. The van der Waals surface area contributed by atoms with Gasteiger partial charge in [0.1, 0.15) is 5.82 Å². The largest absolute Gasteiger partial charge is 0.334 e. The molecule has 1 fully saturated rings. The van der Waals surface area contributed by atoms with Crippen LogP contribution in [-0.2, 0) is 13.0 Å². The van der Waals surface area contributed by atoms with E-state index in [-0.39, 0.29) is 5.91 Å². The van der Waals surface area contributed by atoms with Gasteiger partial charge in [0.05, 0.1) is 11.2 Å². The zero-order valence-corrected chi connectivity index (χ0v) is 15.8. The lowest BCUT2D eigenvalue weighted by molar-refractivity contribution is 0.0733. The number of nitrogens with one attached hydrogen (secondary N) is 1. The summed E-state index contributed by atoms with van der Waals surface area (Å²) in [6, 6.07) is 9.58. The number of piperidine rings is 1. The minimum absolute atomic E-state index is 0.0527. The molecule has 6 nitrogen and oxygen atoms in total. The maximum atomic E-state index is 13.0. The Kier molecular flexibility index (Phi) is 4.49. The van der Waals surface area contributed by atoms with Gasteiger partial charge in [-0.2, -0.15) is 0 Å². The average molecular weight is 373 g/mol. The molecule has 28 heavy (non-hydrogen) atoms. The Labute approximate surface area is 164 Å². The van der Waals surface area contributed by atoms with Crippen molar-refractivity contribution in [3.8, 4) is 0 Å². The summed E-state index contributed by atoms with van der Waals surface area (Å²) in [5.41, 5.74) is 3.77. The number of carbonyl (C=O) groups is 1. The molecule has 1 aromatic carbocycles. The molecule has 1 atom stereocenters. The highest BCUT2D eigenvalue weighted by Crippen LogP contribution is 2.24. The summed E-state index contributed by atoms with van der Waals surface area (Å²) in [6.07, 6.45) is 6.80. The predicted molar refractivity (Wildman–Crippen MR) is 107 cm³/mol. The highest BCUT2D eigenvalue weighted by molar-refractivity contribution is 5.98. The molecule has 0 unspecified atom stereocenters. The van der Waals surface area contributed by atoms with E-state index in [0.29, 0.717) is 24.6 Å². The second-order valence-electron chi connectivity index (χ2n) is 7.63. The van der Waals surface area contributed by atoms with E-state index in [9.17, 15) is 4.79 Å². The van der Waals surface area contributed by atoms with Crippen molar-refractivity contribution in [2.45, 2.75) is 31.7 Å². The summed E-state index contributed by atoms with van der Waals surface area (Å²) >= 11 is 0. The van der Waals surface area contributed by atoms with Gasteiger partial charge in [0.25, 0.3) is 5.91 Å². The quantitative estimate of drug-likeness (QED) is 0.748. The second kappa shape index (κ2) is 7.28. The summed E-state index contributed by atoms with van der Waals surface area (Å²) in [7, 11) is 0. The summed E-state index contributed by atoms with van der Waals surface area (Å²) in [4.78, 5) is 28.7. The van der Waals surface area contributed by atoms with Gasteiger partial charge in [0.2, 0.25) is 0 Å². The monoisotopic (exact) mass is 373 g/mol. The summed E-state index contributed by atoms with van der Waals surface area (Å²) in [5, 5.41) is 4.41.